The molecule has 27 heavy (non-hydrogen) atoms. The van der Waals surface area contributed by atoms with E-state index in [9.17, 15) is 14.4 Å². The Morgan fingerprint density at radius 2 is 2.00 bits per heavy atom. The Labute approximate surface area is 157 Å². The van der Waals surface area contributed by atoms with Crippen LogP contribution >= 0.6 is 0 Å². The normalized spacial score (nSPS) is 15.4. The monoisotopic (exact) mass is 366 g/mol. The number of para-hydroxylation sites is 1. The zero-order valence-electron chi connectivity index (χ0n) is 15.2. The Morgan fingerprint density at radius 1 is 1.19 bits per heavy atom. The number of nitrogens with one attached hydrogen (secondary N) is 2. The van der Waals surface area contributed by atoms with Crippen molar-refractivity contribution in [2.45, 2.75) is 26.2 Å². The highest BCUT2D eigenvalue weighted by Gasteiger charge is 2.26. The molecule has 1 aliphatic heterocycles. The second kappa shape index (κ2) is 8.49. The largest absolute Gasteiger partial charge is 0.462 e. The van der Waals surface area contributed by atoms with Crippen molar-refractivity contribution in [3.05, 3.63) is 59.7 Å². The maximum Gasteiger partial charge on any atom is 0.338 e. The second-order valence-corrected chi connectivity index (χ2v) is 6.44. The predicted octanol–water partition coefficient (Wildman–Crippen LogP) is 3.39. The number of ether oxygens (including phenoxy) is 1. The first-order chi connectivity index (χ1) is 13.1. The molecule has 0 fully saturated rings. The first-order valence-corrected chi connectivity index (χ1v) is 9.02. The standard InChI is InChI=1S/C21H22N2O4/c1-2-27-21(26)16-7-5-8-17(13-16)22-19(24)11-10-15-12-14-6-3-4-9-18(14)23-20(15)25/h3-9,13,15H,2,10-12H2,1H3,(H,22,24)(H,23,25). The Kier molecular flexibility index (Phi) is 5.86. The van der Waals surface area contributed by atoms with Crippen molar-refractivity contribution in [3.63, 3.8) is 0 Å². The molecule has 0 aromatic heterocycles. The van der Waals surface area contributed by atoms with Gasteiger partial charge in [-0.2, -0.15) is 0 Å². The molecule has 1 atom stereocenters. The highest BCUT2D eigenvalue weighted by Crippen LogP contribution is 2.27. The van der Waals surface area contributed by atoms with Crippen LogP contribution in [0, 0.1) is 5.92 Å². The number of fused-ring (bicyclic) bond motifs is 1. The van der Waals surface area contributed by atoms with Crippen LogP contribution in [0.15, 0.2) is 48.5 Å². The van der Waals surface area contributed by atoms with E-state index in [1.807, 2.05) is 24.3 Å². The molecule has 1 heterocycles. The Morgan fingerprint density at radius 3 is 2.81 bits per heavy atom. The van der Waals surface area contributed by atoms with Gasteiger partial charge in [0.25, 0.3) is 0 Å². The smallest absolute Gasteiger partial charge is 0.338 e. The zero-order valence-corrected chi connectivity index (χ0v) is 15.2. The minimum atomic E-state index is -0.425. The number of benzene rings is 2. The van der Waals surface area contributed by atoms with E-state index in [2.05, 4.69) is 10.6 Å². The van der Waals surface area contributed by atoms with Crippen LogP contribution in [-0.2, 0) is 20.7 Å². The number of carbonyl (C=O) groups excluding carboxylic acids is 3. The molecule has 140 valence electrons. The van der Waals surface area contributed by atoms with Gasteiger partial charge >= 0.3 is 5.97 Å². The summed E-state index contributed by atoms with van der Waals surface area (Å²) in [5.74, 6) is -0.892. The third kappa shape index (κ3) is 4.73. The second-order valence-electron chi connectivity index (χ2n) is 6.44. The van der Waals surface area contributed by atoms with Gasteiger partial charge in [0.05, 0.1) is 12.2 Å². The van der Waals surface area contributed by atoms with E-state index in [1.165, 1.54) is 0 Å². The molecule has 0 spiro atoms. The Hall–Kier alpha value is -3.15. The van der Waals surface area contributed by atoms with Crippen LogP contribution in [0.5, 0.6) is 0 Å². The lowest BCUT2D eigenvalue weighted by molar-refractivity contribution is -0.121. The summed E-state index contributed by atoms with van der Waals surface area (Å²) in [5.41, 5.74) is 2.85. The first-order valence-electron chi connectivity index (χ1n) is 9.02. The SMILES string of the molecule is CCOC(=O)c1cccc(NC(=O)CCC2Cc3ccccc3NC2=O)c1. The van der Waals surface area contributed by atoms with Crippen molar-refractivity contribution in [2.75, 3.05) is 17.2 Å². The maximum absolute atomic E-state index is 12.3. The number of rotatable bonds is 6. The fourth-order valence-corrected chi connectivity index (χ4v) is 3.11. The van der Waals surface area contributed by atoms with E-state index >= 15 is 0 Å². The summed E-state index contributed by atoms with van der Waals surface area (Å²) in [6.07, 6.45) is 1.32. The molecule has 2 amide bonds. The fraction of sp³-hybridized carbons (Fsp3) is 0.286. The molecule has 0 bridgehead atoms. The van der Waals surface area contributed by atoms with Crippen LogP contribution in [0.4, 0.5) is 11.4 Å². The lowest BCUT2D eigenvalue weighted by Crippen LogP contribution is -2.30. The van der Waals surface area contributed by atoms with Crippen molar-refractivity contribution < 1.29 is 19.1 Å². The molecule has 0 aliphatic carbocycles. The van der Waals surface area contributed by atoms with Gasteiger partial charge in [-0.3, -0.25) is 9.59 Å². The number of hydrogen-bond donors (Lipinski definition) is 2. The summed E-state index contributed by atoms with van der Waals surface area (Å²) in [6.45, 7) is 2.03. The molecular formula is C21H22N2O4. The quantitative estimate of drug-likeness (QED) is 0.768. The highest BCUT2D eigenvalue weighted by atomic mass is 16.5. The molecule has 1 aliphatic rings. The zero-order chi connectivity index (χ0) is 19.2. The van der Waals surface area contributed by atoms with Crippen LogP contribution in [0.25, 0.3) is 0 Å². The third-order valence-corrected chi connectivity index (χ3v) is 4.49. The molecule has 6 nitrogen and oxygen atoms in total. The molecule has 2 aromatic rings. The van der Waals surface area contributed by atoms with Gasteiger partial charge in [0, 0.05) is 23.7 Å². The van der Waals surface area contributed by atoms with Crippen LogP contribution in [-0.4, -0.2) is 24.4 Å². The molecule has 6 heteroatoms. The van der Waals surface area contributed by atoms with Gasteiger partial charge in [-0.05, 0) is 49.6 Å². The van der Waals surface area contributed by atoms with Gasteiger partial charge in [-0.1, -0.05) is 24.3 Å². The van der Waals surface area contributed by atoms with Gasteiger partial charge in [0.15, 0.2) is 0 Å². The molecule has 0 saturated heterocycles. The number of hydrogen-bond acceptors (Lipinski definition) is 4. The molecule has 1 unspecified atom stereocenters. The molecule has 3 rings (SSSR count). The predicted molar refractivity (Wildman–Crippen MR) is 103 cm³/mol. The van der Waals surface area contributed by atoms with Crippen molar-refractivity contribution >= 4 is 29.2 Å². The van der Waals surface area contributed by atoms with E-state index in [0.29, 0.717) is 30.7 Å². The lowest BCUT2D eigenvalue weighted by atomic mass is 9.89. The summed E-state index contributed by atoms with van der Waals surface area (Å²) in [6, 6.07) is 14.3. The van der Waals surface area contributed by atoms with E-state index in [4.69, 9.17) is 4.74 Å². The summed E-state index contributed by atoms with van der Waals surface area (Å²) >= 11 is 0. The molecule has 0 saturated carbocycles. The summed E-state index contributed by atoms with van der Waals surface area (Å²) in [4.78, 5) is 36.2. The van der Waals surface area contributed by atoms with Crippen molar-refractivity contribution in [2.24, 2.45) is 5.92 Å². The fourth-order valence-electron chi connectivity index (χ4n) is 3.11. The molecule has 2 aromatic carbocycles. The van der Waals surface area contributed by atoms with E-state index in [0.717, 1.165) is 11.3 Å². The molecule has 0 radical (unpaired) electrons. The lowest BCUT2D eigenvalue weighted by Gasteiger charge is -2.24. The van der Waals surface area contributed by atoms with Crippen LogP contribution in [0.2, 0.25) is 0 Å². The van der Waals surface area contributed by atoms with Gasteiger partial charge < -0.3 is 15.4 Å². The molecule has 2 N–H and O–H groups in total. The summed E-state index contributed by atoms with van der Waals surface area (Å²) in [7, 11) is 0. The van der Waals surface area contributed by atoms with Gasteiger partial charge in [-0.15, -0.1) is 0 Å². The van der Waals surface area contributed by atoms with Crippen molar-refractivity contribution in [1.29, 1.82) is 0 Å². The van der Waals surface area contributed by atoms with Crippen LogP contribution < -0.4 is 10.6 Å². The molecular weight excluding hydrogens is 344 g/mol. The number of anilines is 2. The van der Waals surface area contributed by atoms with Crippen molar-refractivity contribution in [1.82, 2.24) is 0 Å². The van der Waals surface area contributed by atoms with E-state index in [1.54, 1.807) is 31.2 Å². The Balaban J connectivity index is 1.55. The highest BCUT2D eigenvalue weighted by molar-refractivity contribution is 5.97. The van der Waals surface area contributed by atoms with Crippen molar-refractivity contribution in [3.8, 4) is 0 Å². The Bertz CT molecular complexity index is 863. The average molecular weight is 366 g/mol. The topological polar surface area (TPSA) is 84.5 Å². The minimum absolute atomic E-state index is 0.0502. The average Bonchev–Trinajstić information content (AvgIpc) is 2.66. The number of esters is 1. The van der Waals surface area contributed by atoms with Crippen LogP contribution in [0.3, 0.4) is 0 Å². The van der Waals surface area contributed by atoms with Gasteiger partial charge in [0.2, 0.25) is 11.8 Å². The number of amides is 2. The van der Waals surface area contributed by atoms with Gasteiger partial charge in [0.1, 0.15) is 0 Å². The van der Waals surface area contributed by atoms with E-state index in [-0.39, 0.29) is 24.2 Å². The minimum Gasteiger partial charge on any atom is -0.462 e. The van der Waals surface area contributed by atoms with Crippen LogP contribution in [0.1, 0.15) is 35.7 Å². The van der Waals surface area contributed by atoms with Gasteiger partial charge in [-0.25, -0.2) is 4.79 Å². The maximum atomic E-state index is 12.3. The van der Waals surface area contributed by atoms with E-state index < -0.39 is 5.97 Å². The number of carbonyl (C=O) groups is 3. The first kappa shape index (κ1) is 18.6. The summed E-state index contributed by atoms with van der Waals surface area (Å²) in [5, 5.41) is 5.67. The third-order valence-electron chi connectivity index (χ3n) is 4.49. The summed E-state index contributed by atoms with van der Waals surface area (Å²) < 4.78 is 4.96.